The van der Waals surface area contributed by atoms with Gasteiger partial charge in [-0.25, -0.2) is 0 Å². The van der Waals surface area contributed by atoms with Gasteiger partial charge < -0.3 is 0 Å². The highest BCUT2D eigenvalue weighted by molar-refractivity contribution is 6.73. The smallest absolute Gasteiger partial charge is 0.0892 e. The van der Waals surface area contributed by atoms with E-state index in [1.165, 1.54) is 57.4 Å². The molecule has 0 spiro atoms. The van der Waals surface area contributed by atoms with Gasteiger partial charge in [0, 0.05) is 0 Å². The number of rotatable bonds is 9. The van der Waals surface area contributed by atoms with Crippen LogP contribution in [-0.4, -0.2) is 8.80 Å². The van der Waals surface area contributed by atoms with E-state index in [2.05, 4.69) is 32.5 Å². The van der Waals surface area contributed by atoms with Crippen molar-refractivity contribution in [3.63, 3.8) is 0 Å². The van der Waals surface area contributed by atoms with E-state index in [1.54, 1.807) is 5.57 Å². The van der Waals surface area contributed by atoms with Crippen molar-refractivity contribution in [3.05, 3.63) is 22.5 Å². The third-order valence-corrected chi connectivity index (χ3v) is 7.10. The van der Waals surface area contributed by atoms with Gasteiger partial charge in [0.1, 0.15) is 0 Å². The van der Waals surface area contributed by atoms with Crippen LogP contribution in [0.2, 0.25) is 6.04 Å². The molecule has 1 heteroatoms. The van der Waals surface area contributed by atoms with E-state index in [0.717, 1.165) is 0 Å². The third-order valence-electron chi connectivity index (χ3n) is 3.86. The second-order valence-corrected chi connectivity index (χ2v) is 8.24. The molecule has 1 heterocycles. The SMILES string of the molecule is CCCCC1=C(CCCC)[SiH](CCCC)C=C1. The molecule has 0 radical (unpaired) electrons. The predicted octanol–water partition coefficient (Wildman–Crippen LogP) is 5.34. The van der Waals surface area contributed by atoms with Crippen molar-refractivity contribution in [2.45, 2.75) is 78.2 Å². The highest BCUT2D eigenvalue weighted by Crippen LogP contribution is 2.29. The summed E-state index contributed by atoms with van der Waals surface area (Å²) in [5.74, 6) is 0. The van der Waals surface area contributed by atoms with Crippen LogP contribution in [-0.2, 0) is 0 Å². The molecule has 17 heavy (non-hydrogen) atoms. The summed E-state index contributed by atoms with van der Waals surface area (Å²) in [4.78, 5) is 0. The van der Waals surface area contributed by atoms with Crippen LogP contribution >= 0.6 is 0 Å². The Hall–Kier alpha value is -0.303. The Kier molecular flexibility index (Phi) is 7.59. The van der Waals surface area contributed by atoms with Crippen molar-refractivity contribution in [1.29, 1.82) is 0 Å². The van der Waals surface area contributed by atoms with Crippen LogP contribution < -0.4 is 0 Å². The van der Waals surface area contributed by atoms with E-state index in [0.29, 0.717) is 0 Å². The van der Waals surface area contributed by atoms with E-state index in [1.807, 2.05) is 5.20 Å². The molecule has 0 aromatic heterocycles. The molecule has 0 amide bonds. The number of hydrogen-bond acceptors (Lipinski definition) is 0. The third kappa shape index (κ3) is 4.83. The maximum Gasteiger partial charge on any atom is 0.0892 e. The molecule has 0 N–H and O–H groups in total. The number of unbranched alkanes of at least 4 members (excludes halogenated alkanes) is 3. The van der Waals surface area contributed by atoms with Gasteiger partial charge in [-0.3, -0.25) is 0 Å². The summed E-state index contributed by atoms with van der Waals surface area (Å²) in [5, 5.41) is 1.92. The van der Waals surface area contributed by atoms with Gasteiger partial charge in [-0.1, -0.05) is 81.5 Å². The standard InChI is InChI=1S/C16H30Si/c1-4-7-10-15-12-14-17(13-9-6-3)16(15)11-8-5-2/h12,14,17H,4-11,13H2,1-3H3. The lowest BCUT2D eigenvalue weighted by Gasteiger charge is -2.14. The molecule has 0 bridgehead atoms. The van der Waals surface area contributed by atoms with Crippen LogP contribution in [0.1, 0.15) is 72.1 Å². The molecule has 0 nitrogen and oxygen atoms in total. The average molecular weight is 251 g/mol. The van der Waals surface area contributed by atoms with E-state index in [4.69, 9.17) is 0 Å². The Morgan fingerprint density at radius 1 is 0.882 bits per heavy atom. The zero-order valence-corrected chi connectivity index (χ0v) is 13.3. The van der Waals surface area contributed by atoms with Gasteiger partial charge in [0.2, 0.25) is 0 Å². The normalized spacial score (nSPS) is 19.4. The summed E-state index contributed by atoms with van der Waals surface area (Å²) in [6.07, 6.45) is 13.5. The van der Waals surface area contributed by atoms with Crippen LogP contribution in [0.5, 0.6) is 0 Å². The van der Waals surface area contributed by atoms with Crippen LogP contribution in [0.3, 0.4) is 0 Å². The quantitative estimate of drug-likeness (QED) is 0.485. The minimum absolute atomic E-state index is 0.647. The van der Waals surface area contributed by atoms with Crippen molar-refractivity contribution in [3.8, 4) is 0 Å². The summed E-state index contributed by atoms with van der Waals surface area (Å²) in [5.41, 5.74) is 4.36. The van der Waals surface area contributed by atoms with E-state index < -0.39 is 8.80 Å². The summed E-state index contributed by atoms with van der Waals surface area (Å²) in [6.45, 7) is 6.94. The molecule has 1 atom stereocenters. The topological polar surface area (TPSA) is 0 Å². The summed E-state index contributed by atoms with van der Waals surface area (Å²) in [6, 6.07) is 1.52. The van der Waals surface area contributed by atoms with Crippen LogP contribution in [0.4, 0.5) is 0 Å². The molecule has 0 saturated heterocycles. The molecule has 1 aliphatic heterocycles. The van der Waals surface area contributed by atoms with Gasteiger partial charge in [-0.2, -0.15) is 0 Å². The van der Waals surface area contributed by atoms with E-state index in [9.17, 15) is 0 Å². The van der Waals surface area contributed by atoms with E-state index in [-0.39, 0.29) is 0 Å². The van der Waals surface area contributed by atoms with Gasteiger partial charge in [0.25, 0.3) is 0 Å². The highest BCUT2D eigenvalue weighted by Gasteiger charge is 2.20. The van der Waals surface area contributed by atoms with Crippen LogP contribution in [0.15, 0.2) is 22.5 Å². The zero-order chi connectivity index (χ0) is 12.5. The van der Waals surface area contributed by atoms with Crippen molar-refractivity contribution in [2.75, 3.05) is 0 Å². The first-order valence-electron chi connectivity index (χ1n) is 7.73. The van der Waals surface area contributed by atoms with Crippen molar-refractivity contribution >= 4 is 8.80 Å². The summed E-state index contributed by atoms with van der Waals surface area (Å²) < 4.78 is 0. The Morgan fingerprint density at radius 3 is 2.18 bits per heavy atom. The van der Waals surface area contributed by atoms with Crippen molar-refractivity contribution in [1.82, 2.24) is 0 Å². The largest absolute Gasteiger partial charge is 0.0929 e. The summed E-state index contributed by atoms with van der Waals surface area (Å²) in [7, 11) is -0.647. The molecule has 1 rings (SSSR count). The molecule has 0 saturated carbocycles. The first-order chi connectivity index (χ1) is 8.33. The Labute approximate surface area is 110 Å². The molecule has 1 aliphatic rings. The Balaban J connectivity index is 2.59. The van der Waals surface area contributed by atoms with Gasteiger partial charge in [-0.05, 0) is 19.3 Å². The Morgan fingerprint density at radius 2 is 1.53 bits per heavy atom. The second-order valence-electron chi connectivity index (χ2n) is 5.37. The highest BCUT2D eigenvalue weighted by atomic mass is 28.3. The van der Waals surface area contributed by atoms with Gasteiger partial charge >= 0.3 is 0 Å². The minimum Gasteiger partial charge on any atom is -0.0929 e. The molecular weight excluding hydrogens is 220 g/mol. The molecular formula is C16H30Si. The fourth-order valence-electron chi connectivity index (χ4n) is 2.71. The monoisotopic (exact) mass is 250 g/mol. The molecule has 0 fully saturated rings. The van der Waals surface area contributed by atoms with Crippen molar-refractivity contribution in [2.24, 2.45) is 0 Å². The van der Waals surface area contributed by atoms with Gasteiger partial charge in [-0.15, -0.1) is 0 Å². The summed E-state index contributed by atoms with van der Waals surface area (Å²) >= 11 is 0. The molecule has 1 unspecified atom stereocenters. The van der Waals surface area contributed by atoms with Gasteiger partial charge in [0.05, 0.1) is 8.80 Å². The van der Waals surface area contributed by atoms with Gasteiger partial charge in [0.15, 0.2) is 0 Å². The maximum atomic E-state index is 2.62. The molecule has 0 aromatic rings. The minimum atomic E-state index is -0.647. The fraction of sp³-hybridized carbons (Fsp3) is 0.750. The molecule has 0 aliphatic carbocycles. The molecule has 0 aromatic carbocycles. The average Bonchev–Trinajstić information content (AvgIpc) is 2.73. The van der Waals surface area contributed by atoms with Crippen molar-refractivity contribution < 1.29 is 0 Å². The maximum absolute atomic E-state index is 2.62. The van der Waals surface area contributed by atoms with Crippen LogP contribution in [0.25, 0.3) is 0 Å². The lowest BCUT2D eigenvalue weighted by molar-refractivity contribution is 0.770. The number of allylic oxidation sites excluding steroid dienone is 3. The second kappa shape index (κ2) is 8.74. The molecule has 98 valence electrons. The fourth-order valence-corrected chi connectivity index (χ4v) is 6.09. The lowest BCUT2D eigenvalue weighted by Crippen LogP contribution is -2.12. The lowest BCUT2D eigenvalue weighted by atomic mass is 10.1. The van der Waals surface area contributed by atoms with E-state index >= 15 is 0 Å². The first kappa shape index (κ1) is 14.8. The zero-order valence-electron chi connectivity index (χ0n) is 12.1. The Bertz CT molecular complexity index is 263. The predicted molar refractivity (Wildman–Crippen MR) is 82.1 cm³/mol. The van der Waals surface area contributed by atoms with Crippen LogP contribution in [0, 0.1) is 0 Å². The number of hydrogen-bond donors (Lipinski definition) is 0. The first-order valence-corrected chi connectivity index (χ1v) is 9.79.